The van der Waals surface area contributed by atoms with Crippen LogP contribution in [0.1, 0.15) is 19.4 Å². The summed E-state index contributed by atoms with van der Waals surface area (Å²) in [6, 6.07) is 4.09. The van der Waals surface area contributed by atoms with Crippen LogP contribution < -0.4 is 21.3 Å². The standard InChI is InChI=1S/C14H18N4O3/c1-8(13(20)17-14(15)21)16-11-3-4-12-10(7-11)5-6-18(12)9(2)19/h3-4,7-8,16H,5-6H2,1-2H3,(H3,15,17,20,21). The summed E-state index contributed by atoms with van der Waals surface area (Å²) in [7, 11) is 0. The molecule has 0 saturated heterocycles. The van der Waals surface area contributed by atoms with Crippen LogP contribution in [0.4, 0.5) is 16.2 Å². The summed E-state index contributed by atoms with van der Waals surface area (Å²) < 4.78 is 0. The molecule has 21 heavy (non-hydrogen) atoms. The Balaban J connectivity index is 2.08. The number of nitrogens with one attached hydrogen (secondary N) is 2. The number of hydrogen-bond acceptors (Lipinski definition) is 4. The van der Waals surface area contributed by atoms with E-state index in [0.717, 1.165) is 23.4 Å². The van der Waals surface area contributed by atoms with E-state index in [0.29, 0.717) is 6.54 Å². The van der Waals surface area contributed by atoms with Gasteiger partial charge in [-0.25, -0.2) is 4.79 Å². The molecular formula is C14H18N4O3. The highest BCUT2D eigenvalue weighted by molar-refractivity contribution is 5.97. The summed E-state index contributed by atoms with van der Waals surface area (Å²) in [6.07, 6.45) is 0.784. The van der Waals surface area contributed by atoms with Crippen LogP contribution in [0.15, 0.2) is 18.2 Å². The van der Waals surface area contributed by atoms with Crippen LogP contribution in [0.5, 0.6) is 0 Å². The van der Waals surface area contributed by atoms with Crippen LogP contribution in [0.25, 0.3) is 0 Å². The van der Waals surface area contributed by atoms with Gasteiger partial charge in [-0.3, -0.25) is 14.9 Å². The third-order valence-corrected chi connectivity index (χ3v) is 3.38. The lowest BCUT2D eigenvalue weighted by atomic mass is 10.1. The molecule has 4 N–H and O–H groups in total. The molecule has 0 saturated carbocycles. The minimum Gasteiger partial charge on any atom is -0.374 e. The van der Waals surface area contributed by atoms with Crippen LogP contribution in [0.3, 0.4) is 0 Å². The Hall–Kier alpha value is -2.57. The lowest BCUT2D eigenvalue weighted by molar-refractivity contribution is -0.120. The van der Waals surface area contributed by atoms with Crippen LogP contribution in [0.2, 0.25) is 0 Å². The number of amides is 4. The number of anilines is 2. The molecule has 0 spiro atoms. The molecule has 0 bridgehead atoms. The van der Waals surface area contributed by atoms with E-state index in [1.807, 2.05) is 17.4 Å². The second-order valence-electron chi connectivity index (χ2n) is 4.98. The van der Waals surface area contributed by atoms with Gasteiger partial charge in [-0.2, -0.15) is 0 Å². The fourth-order valence-electron chi connectivity index (χ4n) is 2.36. The van der Waals surface area contributed by atoms with Gasteiger partial charge in [-0.1, -0.05) is 0 Å². The summed E-state index contributed by atoms with van der Waals surface area (Å²) in [5.74, 6) is -0.475. The van der Waals surface area contributed by atoms with Crippen LogP contribution >= 0.6 is 0 Å². The Labute approximate surface area is 122 Å². The third-order valence-electron chi connectivity index (χ3n) is 3.38. The van der Waals surface area contributed by atoms with Crippen LogP contribution in [-0.2, 0) is 16.0 Å². The van der Waals surface area contributed by atoms with E-state index in [2.05, 4.69) is 5.32 Å². The molecule has 1 unspecified atom stereocenters. The molecule has 112 valence electrons. The molecular weight excluding hydrogens is 272 g/mol. The van der Waals surface area contributed by atoms with E-state index in [4.69, 9.17) is 5.73 Å². The molecule has 1 aromatic rings. The van der Waals surface area contributed by atoms with Crippen molar-refractivity contribution in [2.45, 2.75) is 26.3 Å². The molecule has 1 aromatic carbocycles. The Bertz CT molecular complexity index is 600. The predicted molar refractivity (Wildman–Crippen MR) is 79.0 cm³/mol. The van der Waals surface area contributed by atoms with Gasteiger partial charge in [0, 0.05) is 24.8 Å². The Kier molecular flexibility index (Phi) is 4.11. The molecule has 0 aliphatic carbocycles. The van der Waals surface area contributed by atoms with Crippen LogP contribution in [0, 0.1) is 0 Å². The summed E-state index contributed by atoms with van der Waals surface area (Å²) in [4.78, 5) is 35.5. The number of urea groups is 1. The van der Waals surface area contributed by atoms with Gasteiger partial charge in [0.2, 0.25) is 11.8 Å². The van der Waals surface area contributed by atoms with Gasteiger partial charge < -0.3 is 16.0 Å². The highest BCUT2D eigenvalue weighted by Gasteiger charge is 2.22. The number of hydrogen-bond donors (Lipinski definition) is 3. The average Bonchev–Trinajstić information content (AvgIpc) is 2.80. The van der Waals surface area contributed by atoms with Gasteiger partial charge in [-0.05, 0) is 37.1 Å². The van der Waals surface area contributed by atoms with E-state index in [1.165, 1.54) is 6.92 Å². The van der Waals surface area contributed by atoms with Crippen molar-refractivity contribution in [3.05, 3.63) is 23.8 Å². The smallest absolute Gasteiger partial charge is 0.318 e. The zero-order valence-electron chi connectivity index (χ0n) is 12.0. The average molecular weight is 290 g/mol. The van der Waals surface area contributed by atoms with E-state index in [1.54, 1.807) is 17.9 Å². The topological polar surface area (TPSA) is 105 Å². The van der Waals surface area contributed by atoms with Gasteiger partial charge in [0.1, 0.15) is 6.04 Å². The Morgan fingerprint density at radius 2 is 2.05 bits per heavy atom. The normalized spacial score (nSPS) is 14.3. The Morgan fingerprint density at radius 1 is 1.33 bits per heavy atom. The van der Waals surface area contributed by atoms with Gasteiger partial charge in [0.05, 0.1) is 0 Å². The fourth-order valence-corrected chi connectivity index (χ4v) is 2.36. The quantitative estimate of drug-likeness (QED) is 0.757. The largest absolute Gasteiger partial charge is 0.374 e. The lowest BCUT2D eigenvalue weighted by Gasteiger charge is -2.17. The van der Waals surface area contributed by atoms with Crippen molar-refractivity contribution in [2.24, 2.45) is 5.73 Å². The number of benzene rings is 1. The molecule has 2 rings (SSSR count). The van der Waals surface area contributed by atoms with E-state index in [-0.39, 0.29) is 5.91 Å². The maximum absolute atomic E-state index is 11.6. The lowest BCUT2D eigenvalue weighted by Crippen LogP contribution is -2.43. The maximum Gasteiger partial charge on any atom is 0.318 e. The maximum atomic E-state index is 11.6. The van der Waals surface area contributed by atoms with Gasteiger partial charge in [0.15, 0.2) is 0 Å². The van der Waals surface area contributed by atoms with Gasteiger partial charge in [-0.15, -0.1) is 0 Å². The molecule has 1 atom stereocenters. The third kappa shape index (κ3) is 3.31. The number of rotatable bonds is 3. The van der Waals surface area contributed by atoms with Crippen molar-refractivity contribution in [3.63, 3.8) is 0 Å². The highest BCUT2D eigenvalue weighted by Crippen LogP contribution is 2.30. The van der Waals surface area contributed by atoms with Gasteiger partial charge >= 0.3 is 6.03 Å². The van der Waals surface area contributed by atoms with Crippen molar-refractivity contribution in [3.8, 4) is 0 Å². The van der Waals surface area contributed by atoms with Crippen molar-refractivity contribution in [1.82, 2.24) is 5.32 Å². The molecule has 1 aliphatic rings. The molecule has 1 aliphatic heterocycles. The summed E-state index contributed by atoms with van der Waals surface area (Å²) in [5, 5.41) is 5.02. The first-order valence-corrected chi connectivity index (χ1v) is 6.66. The van der Waals surface area contributed by atoms with Crippen LogP contribution in [-0.4, -0.2) is 30.4 Å². The number of carbonyl (C=O) groups excluding carboxylic acids is 3. The molecule has 0 radical (unpaired) electrons. The molecule has 1 heterocycles. The summed E-state index contributed by atoms with van der Waals surface area (Å²) >= 11 is 0. The number of imide groups is 1. The minimum absolute atomic E-state index is 0.0173. The first kappa shape index (κ1) is 14.8. The fraction of sp³-hybridized carbons (Fsp3) is 0.357. The van der Waals surface area contributed by atoms with E-state index >= 15 is 0 Å². The minimum atomic E-state index is -0.875. The number of fused-ring (bicyclic) bond motifs is 1. The van der Waals surface area contributed by atoms with Crippen molar-refractivity contribution in [2.75, 3.05) is 16.8 Å². The zero-order chi connectivity index (χ0) is 15.6. The second kappa shape index (κ2) is 5.82. The van der Waals surface area contributed by atoms with Crippen molar-refractivity contribution in [1.29, 1.82) is 0 Å². The number of nitrogens with two attached hydrogens (primary N) is 1. The molecule has 4 amide bonds. The summed E-state index contributed by atoms with van der Waals surface area (Å²) in [5.41, 5.74) is 7.62. The molecule has 0 aromatic heterocycles. The highest BCUT2D eigenvalue weighted by atomic mass is 16.2. The molecule has 7 nitrogen and oxygen atoms in total. The number of primary amides is 1. The zero-order valence-corrected chi connectivity index (χ0v) is 12.0. The predicted octanol–water partition coefficient (Wildman–Crippen LogP) is 0.591. The summed E-state index contributed by atoms with van der Waals surface area (Å²) in [6.45, 7) is 3.84. The monoisotopic (exact) mass is 290 g/mol. The molecule has 7 heteroatoms. The Morgan fingerprint density at radius 3 is 2.67 bits per heavy atom. The number of nitrogens with zero attached hydrogens (tertiary/aromatic N) is 1. The molecule has 0 fully saturated rings. The van der Waals surface area contributed by atoms with Crippen molar-refractivity contribution >= 4 is 29.2 Å². The first-order chi connectivity index (χ1) is 9.88. The second-order valence-corrected chi connectivity index (χ2v) is 4.98. The first-order valence-electron chi connectivity index (χ1n) is 6.66. The van der Waals surface area contributed by atoms with Crippen molar-refractivity contribution < 1.29 is 14.4 Å². The van der Waals surface area contributed by atoms with E-state index < -0.39 is 18.0 Å². The van der Waals surface area contributed by atoms with E-state index in [9.17, 15) is 14.4 Å². The van der Waals surface area contributed by atoms with Gasteiger partial charge in [0.25, 0.3) is 0 Å². The SMILES string of the molecule is CC(=O)N1CCc2cc(NC(C)C(=O)NC(N)=O)ccc21. The number of carbonyl (C=O) groups is 3.